The van der Waals surface area contributed by atoms with E-state index < -0.39 is 6.10 Å². The monoisotopic (exact) mass is 220 g/mol. The van der Waals surface area contributed by atoms with Gasteiger partial charge < -0.3 is 14.8 Å². The van der Waals surface area contributed by atoms with E-state index in [1.807, 2.05) is 0 Å². The Bertz CT molecular complexity index is 550. The van der Waals surface area contributed by atoms with Gasteiger partial charge in [-0.1, -0.05) is 0 Å². The number of hydrogen-bond acceptors (Lipinski definition) is 4. The van der Waals surface area contributed by atoms with Gasteiger partial charge in [0, 0.05) is 18.6 Å². The summed E-state index contributed by atoms with van der Waals surface area (Å²) in [5.74, 6) is 0. The second-order valence-electron chi connectivity index (χ2n) is 3.57. The number of nitrogens with zero attached hydrogens (tertiary/aromatic N) is 2. The first kappa shape index (κ1) is 10.8. The van der Waals surface area contributed by atoms with E-state index in [1.54, 1.807) is 24.5 Å². The molecule has 1 atom stereocenters. The number of hydrogen-bond donors (Lipinski definition) is 2. The van der Waals surface area contributed by atoms with Gasteiger partial charge in [0.25, 0.3) is 5.56 Å². The Kier molecular flexibility index (Phi) is 2.98. The van der Waals surface area contributed by atoms with Crippen LogP contribution in [-0.4, -0.2) is 32.5 Å². The third-order valence-corrected chi connectivity index (χ3v) is 2.40. The number of aliphatic hydroxyl groups is 2. The minimum Gasteiger partial charge on any atom is -0.394 e. The summed E-state index contributed by atoms with van der Waals surface area (Å²) in [5, 5.41) is 19.3. The molecule has 0 aliphatic heterocycles. The number of pyridine rings is 2. The Morgan fingerprint density at radius 2 is 2.25 bits per heavy atom. The third-order valence-electron chi connectivity index (χ3n) is 2.40. The van der Waals surface area contributed by atoms with Crippen LogP contribution in [0.2, 0.25) is 0 Å². The highest BCUT2D eigenvalue weighted by molar-refractivity contribution is 5.80. The number of rotatable bonds is 3. The lowest BCUT2D eigenvalue weighted by atomic mass is 10.2. The topological polar surface area (TPSA) is 75.4 Å². The van der Waals surface area contributed by atoms with Crippen LogP contribution in [0.15, 0.2) is 35.5 Å². The molecule has 0 fully saturated rings. The summed E-state index contributed by atoms with van der Waals surface area (Å²) in [7, 11) is 0. The summed E-state index contributed by atoms with van der Waals surface area (Å²) < 4.78 is 1.37. The zero-order valence-corrected chi connectivity index (χ0v) is 8.58. The minimum atomic E-state index is -0.924. The predicted molar refractivity (Wildman–Crippen MR) is 59.1 cm³/mol. The fraction of sp³-hybridized carbons (Fsp3) is 0.273. The van der Waals surface area contributed by atoms with E-state index in [-0.39, 0.29) is 18.7 Å². The van der Waals surface area contributed by atoms with E-state index in [0.717, 1.165) is 5.39 Å². The molecule has 2 aromatic rings. The quantitative estimate of drug-likeness (QED) is 0.748. The highest BCUT2D eigenvalue weighted by Crippen LogP contribution is 2.06. The first-order valence-electron chi connectivity index (χ1n) is 4.94. The van der Waals surface area contributed by atoms with Gasteiger partial charge in [0.15, 0.2) is 0 Å². The predicted octanol–water partition coefficient (Wildman–Crippen LogP) is -0.250. The normalized spacial score (nSPS) is 12.9. The first-order chi connectivity index (χ1) is 7.72. The molecule has 0 aromatic carbocycles. The van der Waals surface area contributed by atoms with Crippen LogP contribution in [0.1, 0.15) is 0 Å². The summed E-state index contributed by atoms with van der Waals surface area (Å²) >= 11 is 0. The van der Waals surface area contributed by atoms with Crippen molar-refractivity contribution in [2.75, 3.05) is 6.61 Å². The fourth-order valence-electron chi connectivity index (χ4n) is 1.55. The van der Waals surface area contributed by atoms with Crippen molar-refractivity contribution in [3.63, 3.8) is 0 Å². The van der Waals surface area contributed by atoms with E-state index in [9.17, 15) is 9.90 Å². The lowest BCUT2D eigenvalue weighted by Gasteiger charge is -2.10. The third kappa shape index (κ3) is 1.95. The second-order valence-corrected chi connectivity index (χ2v) is 3.57. The van der Waals surface area contributed by atoms with Crippen LogP contribution in [0, 0.1) is 0 Å². The highest BCUT2D eigenvalue weighted by atomic mass is 16.3. The van der Waals surface area contributed by atoms with E-state index >= 15 is 0 Å². The molecule has 2 heterocycles. The first-order valence-corrected chi connectivity index (χ1v) is 4.94. The van der Waals surface area contributed by atoms with Crippen molar-refractivity contribution < 1.29 is 10.2 Å². The van der Waals surface area contributed by atoms with Gasteiger partial charge in [-0.3, -0.25) is 9.78 Å². The van der Waals surface area contributed by atoms with Crippen molar-refractivity contribution in [3.05, 3.63) is 41.1 Å². The van der Waals surface area contributed by atoms with Crippen LogP contribution in [0.25, 0.3) is 10.8 Å². The van der Waals surface area contributed by atoms with E-state index in [2.05, 4.69) is 4.98 Å². The SMILES string of the molecule is O=c1c2cnccc2ccn1CC(O)CO. The molecule has 2 N–H and O–H groups in total. The lowest BCUT2D eigenvalue weighted by molar-refractivity contribution is 0.0805. The largest absolute Gasteiger partial charge is 0.394 e. The molecule has 2 aromatic heterocycles. The second kappa shape index (κ2) is 4.42. The van der Waals surface area contributed by atoms with Crippen molar-refractivity contribution in [3.8, 4) is 0 Å². The Balaban J connectivity index is 2.49. The molecule has 5 nitrogen and oxygen atoms in total. The summed E-state index contributed by atoms with van der Waals surface area (Å²) in [5.41, 5.74) is -0.210. The maximum Gasteiger partial charge on any atom is 0.260 e. The van der Waals surface area contributed by atoms with Crippen LogP contribution in [0.4, 0.5) is 0 Å². The van der Waals surface area contributed by atoms with Crippen molar-refractivity contribution >= 4 is 10.8 Å². The average molecular weight is 220 g/mol. The molecule has 0 spiro atoms. The standard InChI is InChI=1S/C11H12N2O3/c14-7-9(15)6-13-4-2-8-1-3-12-5-10(8)11(13)16/h1-5,9,14-15H,6-7H2. The smallest absolute Gasteiger partial charge is 0.260 e. The van der Waals surface area contributed by atoms with Gasteiger partial charge in [0.05, 0.1) is 24.6 Å². The molecule has 0 bridgehead atoms. The molecule has 16 heavy (non-hydrogen) atoms. The molecule has 0 saturated heterocycles. The zero-order chi connectivity index (χ0) is 11.5. The Hall–Kier alpha value is -1.72. The van der Waals surface area contributed by atoms with Crippen molar-refractivity contribution in [2.45, 2.75) is 12.6 Å². The summed E-state index contributed by atoms with van der Waals surface area (Å²) in [4.78, 5) is 15.8. The molecule has 0 aliphatic carbocycles. The summed E-state index contributed by atoms with van der Waals surface area (Å²) in [6.07, 6.45) is 3.80. The van der Waals surface area contributed by atoms with Gasteiger partial charge in [0.1, 0.15) is 0 Å². The molecule has 0 aliphatic rings. The van der Waals surface area contributed by atoms with Crippen LogP contribution < -0.4 is 5.56 Å². The molecule has 84 valence electrons. The van der Waals surface area contributed by atoms with Gasteiger partial charge in [-0.05, 0) is 17.5 Å². The molecule has 5 heteroatoms. The number of aromatic nitrogens is 2. The highest BCUT2D eigenvalue weighted by Gasteiger charge is 2.06. The average Bonchev–Trinajstić information content (AvgIpc) is 2.33. The Labute approximate surface area is 91.6 Å². The van der Waals surface area contributed by atoms with Gasteiger partial charge in [-0.15, -0.1) is 0 Å². The fourth-order valence-corrected chi connectivity index (χ4v) is 1.55. The zero-order valence-electron chi connectivity index (χ0n) is 8.58. The van der Waals surface area contributed by atoms with E-state index in [4.69, 9.17) is 5.11 Å². The van der Waals surface area contributed by atoms with Gasteiger partial charge in [0.2, 0.25) is 0 Å². The van der Waals surface area contributed by atoms with Crippen LogP contribution in [0.5, 0.6) is 0 Å². The Morgan fingerprint density at radius 3 is 3.00 bits per heavy atom. The lowest BCUT2D eigenvalue weighted by Crippen LogP contribution is -2.28. The summed E-state index contributed by atoms with van der Waals surface area (Å²) in [6, 6.07) is 3.53. The molecule has 0 amide bonds. The number of fused-ring (bicyclic) bond motifs is 1. The minimum absolute atomic E-state index is 0.0835. The van der Waals surface area contributed by atoms with Crippen molar-refractivity contribution in [2.24, 2.45) is 0 Å². The van der Waals surface area contributed by atoms with Crippen LogP contribution in [0.3, 0.4) is 0 Å². The molecular weight excluding hydrogens is 208 g/mol. The molecule has 1 unspecified atom stereocenters. The van der Waals surface area contributed by atoms with Crippen LogP contribution >= 0.6 is 0 Å². The Morgan fingerprint density at radius 1 is 1.44 bits per heavy atom. The van der Waals surface area contributed by atoms with Gasteiger partial charge in [-0.25, -0.2) is 0 Å². The summed E-state index contributed by atoms with van der Waals surface area (Å²) in [6.45, 7) is -0.280. The molecule has 0 radical (unpaired) electrons. The van der Waals surface area contributed by atoms with Crippen molar-refractivity contribution in [1.29, 1.82) is 0 Å². The molecule has 0 saturated carbocycles. The molecule has 2 rings (SSSR count). The number of aliphatic hydroxyl groups excluding tert-OH is 2. The van der Waals surface area contributed by atoms with Crippen LogP contribution in [-0.2, 0) is 6.54 Å². The van der Waals surface area contributed by atoms with E-state index in [0.29, 0.717) is 5.39 Å². The maximum absolute atomic E-state index is 11.9. The van der Waals surface area contributed by atoms with E-state index in [1.165, 1.54) is 10.8 Å². The molecular formula is C11H12N2O3. The van der Waals surface area contributed by atoms with Crippen molar-refractivity contribution in [1.82, 2.24) is 9.55 Å². The van der Waals surface area contributed by atoms with Gasteiger partial charge in [-0.2, -0.15) is 0 Å². The van der Waals surface area contributed by atoms with Gasteiger partial charge >= 0.3 is 0 Å². The maximum atomic E-state index is 11.9.